The van der Waals surface area contributed by atoms with E-state index in [-0.39, 0.29) is 17.9 Å². The van der Waals surface area contributed by atoms with E-state index in [0.717, 1.165) is 5.56 Å². The van der Waals surface area contributed by atoms with E-state index < -0.39 is 42.0 Å². The summed E-state index contributed by atoms with van der Waals surface area (Å²) in [6.07, 6.45) is -1.28. The molecule has 0 aliphatic heterocycles. The van der Waals surface area contributed by atoms with Crippen LogP contribution in [0.5, 0.6) is 0 Å². The van der Waals surface area contributed by atoms with Crippen molar-refractivity contribution < 1.29 is 33.4 Å². The van der Waals surface area contributed by atoms with E-state index >= 15 is 0 Å². The van der Waals surface area contributed by atoms with Gasteiger partial charge in [-0.15, -0.1) is 0 Å². The van der Waals surface area contributed by atoms with Gasteiger partial charge < -0.3 is 24.8 Å². The highest BCUT2D eigenvalue weighted by Crippen LogP contribution is 2.14. The number of methoxy groups -OCH3 is 1. The Morgan fingerprint density at radius 3 is 2.30 bits per heavy atom. The Balaban J connectivity index is 2.10. The molecule has 9 nitrogen and oxygen atoms in total. The Hall–Kier alpha value is -3.88. The summed E-state index contributed by atoms with van der Waals surface area (Å²) in [4.78, 5) is 49.2. The molecule has 0 saturated heterocycles. The molecule has 176 valence electrons. The maximum atomic E-state index is 12.9. The molecule has 0 aliphatic rings. The van der Waals surface area contributed by atoms with Gasteiger partial charge in [-0.1, -0.05) is 36.4 Å². The molecule has 0 aromatic heterocycles. The number of benzene rings is 2. The van der Waals surface area contributed by atoms with E-state index in [9.17, 15) is 19.2 Å². The Morgan fingerprint density at radius 2 is 1.67 bits per heavy atom. The summed E-state index contributed by atoms with van der Waals surface area (Å²) in [6, 6.07) is 13.8. The Morgan fingerprint density at radius 1 is 0.970 bits per heavy atom. The minimum absolute atomic E-state index is 0.0294. The number of ether oxygens (including phenoxy) is 3. The largest absolute Gasteiger partial charge is 0.465 e. The molecule has 1 atom stereocenters. The van der Waals surface area contributed by atoms with Crippen molar-refractivity contribution in [1.82, 2.24) is 5.32 Å². The highest BCUT2D eigenvalue weighted by molar-refractivity contribution is 5.99. The van der Waals surface area contributed by atoms with Crippen LogP contribution in [0.4, 0.5) is 10.5 Å². The fraction of sp³-hybridized carbons (Fsp3) is 0.333. The van der Waals surface area contributed by atoms with Gasteiger partial charge in [0.25, 0.3) is 0 Å². The maximum absolute atomic E-state index is 12.9. The minimum Gasteiger partial charge on any atom is -0.465 e. The van der Waals surface area contributed by atoms with E-state index in [1.54, 1.807) is 45.0 Å². The number of carbonyl (C=O) groups is 4. The molecular weight excluding hydrogens is 428 g/mol. The first-order chi connectivity index (χ1) is 15.6. The van der Waals surface area contributed by atoms with Crippen LogP contribution in [0.1, 0.15) is 43.1 Å². The van der Waals surface area contributed by atoms with Crippen molar-refractivity contribution in [2.24, 2.45) is 0 Å². The summed E-state index contributed by atoms with van der Waals surface area (Å²) in [7, 11) is 1.25. The van der Waals surface area contributed by atoms with Crippen LogP contribution in [-0.2, 0) is 30.4 Å². The second kappa shape index (κ2) is 11.7. The van der Waals surface area contributed by atoms with Gasteiger partial charge in [-0.05, 0) is 44.5 Å². The van der Waals surface area contributed by atoms with Gasteiger partial charge in [-0.2, -0.15) is 0 Å². The van der Waals surface area contributed by atoms with Crippen LogP contribution in [0.15, 0.2) is 54.6 Å². The number of anilines is 1. The fourth-order valence-electron chi connectivity index (χ4n) is 2.69. The van der Waals surface area contributed by atoms with E-state index in [4.69, 9.17) is 9.47 Å². The molecule has 0 heterocycles. The molecule has 0 spiro atoms. The Bertz CT molecular complexity index is 984. The quantitative estimate of drug-likeness (QED) is 0.461. The highest BCUT2D eigenvalue weighted by Gasteiger charge is 2.27. The van der Waals surface area contributed by atoms with Crippen LogP contribution in [0.2, 0.25) is 0 Å². The zero-order valence-corrected chi connectivity index (χ0v) is 19.0. The molecule has 0 unspecified atom stereocenters. The van der Waals surface area contributed by atoms with Gasteiger partial charge in [-0.25, -0.2) is 9.59 Å². The zero-order valence-electron chi connectivity index (χ0n) is 19.0. The third-order valence-corrected chi connectivity index (χ3v) is 4.17. The lowest BCUT2D eigenvalue weighted by Crippen LogP contribution is -2.47. The van der Waals surface area contributed by atoms with Gasteiger partial charge >= 0.3 is 18.0 Å². The number of alkyl carbamates (subject to hydrolysis) is 1. The summed E-state index contributed by atoms with van der Waals surface area (Å²) in [6.45, 7) is 5.05. The SMILES string of the molecule is COC(=O)c1cccc(NC(=O)[C@@H](CC(=O)OCc2ccccc2)NC(=O)OC(C)(C)C)c1. The smallest absolute Gasteiger partial charge is 0.408 e. The third-order valence-electron chi connectivity index (χ3n) is 4.17. The standard InChI is InChI=1S/C24H28N2O7/c1-24(2,3)33-23(30)26-19(14-20(27)32-15-16-9-6-5-7-10-16)21(28)25-18-12-8-11-17(13-18)22(29)31-4/h5-13,19H,14-15H2,1-4H3,(H,25,28)(H,26,30)/t19-/m1/s1. The predicted octanol–water partition coefficient (Wildman–Crippen LogP) is 3.44. The molecule has 2 aromatic rings. The van der Waals surface area contributed by atoms with Gasteiger partial charge in [0.15, 0.2) is 0 Å². The number of rotatable bonds is 8. The molecule has 9 heteroatoms. The number of hydrogen-bond donors (Lipinski definition) is 2. The second-order valence-electron chi connectivity index (χ2n) is 8.11. The molecule has 2 N–H and O–H groups in total. The maximum Gasteiger partial charge on any atom is 0.408 e. The van der Waals surface area contributed by atoms with Crippen LogP contribution in [0, 0.1) is 0 Å². The average molecular weight is 456 g/mol. The van der Waals surface area contributed by atoms with Crippen LogP contribution in [0.3, 0.4) is 0 Å². The summed E-state index contributed by atoms with van der Waals surface area (Å²) < 4.78 is 15.1. The average Bonchev–Trinajstić information content (AvgIpc) is 2.76. The first-order valence-electron chi connectivity index (χ1n) is 10.3. The van der Waals surface area contributed by atoms with Crippen LogP contribution in [-0.4, -0.2) is 42.7 Å². The zero-order chi connectivity index (χ0) is 24.4. The summed E-state index contributed by atoms with van der Waals surface area (Å²) >= 11 is 0. The molecule has 0 saturated carbocycles. The topological polar surface area (TPSA) is 120 Å². The minimum atomic E-state index is -1.27. The lowest BCUT2D eigenvalue weighted by Gasteiger charge is -2.23. The van der Waals surface area contributed by atoms with Crippen molar-refractivity contribution in [2.45, 2.75) is 45.4 Å². The molecule has 0 bridgehead atoms. The van der Waals surface area contributed by atoms with Gasteiger partial charge in [0.1, 0.15) is 18.2 Å². The molecule has 33 heavy (non-hydrogen) atoms. The van der Waals surface area contributed by atoms with Crippen molar-refractivity contribution in [3.05, 3.63) is 65.7 Å². The molecular formula is C24H28N2O7. The lowest BCUT2D eigenvalue weighted by atomic mass is 10.1. The number of amides is 2. The third kappa shape index (κ3) is 9.02. The van der Waals surface area contributed by atoms with Gasteiger partial charge in [-0.3, -0.25) is 9.59 Å². The summed E-state index contributed by atoms with van der Waals surface area (Å²) in [5.74, 6) is -1.93. The molecule has 2 rings (SSSR count). The summed E-state index contributed by atoms with van der Waals surface area (Å²) in [5, 5.41) is 4.99. The molecule has 0 radical (unpaired) electrons. The van der Waals surface area contributed by atoms with E-state index in [1.165, 1.54) is 19.2 Å². The van der Waals surface area contributed by atoms with E-state index in [2.05, 4.69) is 15.4 Å². The predicted molar refractivity (Wildman–Crippen MR) is 120 cm³/mol. The Labute approximate surface area is 192 Å². The van der Waals surface area contributed by atoms with Crippen molar-refractivity contribution >= 4 is 29.6 Å². The number of carbonyl (C=O) groups excluding carboxylic acids is 4. The van der Waals surface area contributed by atoms with Crippen LogP contribution in [0.25, 0.3) is 0 Å². The first-order valence-corrected chi connectivity index (χ1v) is 10.3. The van der Waals surface area contributed by atoms with Crippen molar-refractivity contribution in [1.29, 1.82) is 0 Å². The van der Waals surface area contributed by atoms with E-state index in [1.807, 2.05) is 18.2 Å². The fourth-order valence-corrected chi connectivity index (χ4v) is 2.69. The van der Waals surface area contributed by atoms with E-state index in [0.29, 0.717) is 0 Å². The van der Waals surface area contributed by atoms with Crippen LogP contribution < -0.4 is 10.6 Å². The normalized spacial score (nSPS) is 11.6. The first kappa shape index (κ1) is 25.4. The lowest BCUT2D eigenvalue weighted by molar-refractivity contribution is -0.146. The number of hydrogen-bond acceptors (Lipinski definition) is 7. The van der Waals surface area contributed by atoms with Crippen molar-refractivity contribution in [3.8, 4) is 0 Å². The highest BCUT2D eigenvalue weighted by atomic mass is 16.6. The molecule has 0 fully saturated rings. The molecule has 0 aliphatic carbocycles. The van der Waals surface area contributed by atoms with Gasteiger partial charge in [0, 0.05) is 5.69 Å². The second-order valence-corrected chi connectivity index (χ2v) is 8.11. The number of nitrogens with one attached hydrogen (secondary N) is 2. The van der Waals surface area contributed by atoms with Crippen molar-refractivity contribution in [3.63, 3.8) is 0 Å². The molecule has 2 aromatic carbocycles. The monoisotopic (exact) mass is 456 g/mol. The molecule has 2 amide bonds. The van der Waals surface area contributed by atoms with Gasteiger partial charge in [0.2, 0.25) is 5.91 Å². The van der Waals surface area contributed by atoms with Crippen molar-refractivity contribution in [2.75, 3.05) is 12.4 Å². The number of esters is 2. The Kier molecular flexibility index (Phi) is 8.97. The van der Waals surface area contributed by atoms with Crippen LogP contribution >= 0.6 is 0 Å². The van der Waals surface area contributed by atoms with Gasteiger partial charge in [0.05, 0.1) is 19.1 Å². The summed E-state index contributed by atoms with van der Waals surface area (Å²) in [5.41, 5.74) is 0.505.